The van der Waals surface area contributed by atoms with Gasteiger partial charge in [0, 0.05) is 0 Å². The molecule has 2 aliphatic rings. The topological polar surface area (TPSA) is 15.7 Å². The molecule has 0 aromatic heterocycles. The molecule has 0 bridgehead atoms. The first-order valence-corrected chi connectivity index (χ1v) is 14.1. The van der Waals surface area contributed by atoms with Crippen molar-refractivity contribution in [3.8, 4) is 0 Å². The number of alkyl halides is 6. The standard InChI is InChI=1S/C28H35F6N2OP/c1-17(2)23-13-12-18(3)14-24(23)37-38-35(4)25(19-8-6-10-21(15-19)27(29,30)31)26(36(38)5)20-9-7-11-22(16-20)28(32,33)34/h6-11,15-18,23-26H,12-14H2,1-5H3/t18-,23+,24-,25-,26-/m0/s1. The minimum atomic E-state index is -4.53. The van der Waals surface area contributed by atoms with Crippen LogP contribution in [0.3, 0.4) is 0 Å². The molecule has 2 aromatic rings. The number of halogens is 6. The highest BCUT2D eigenvalue weighted by molar-refractivity contribution is 7.47. The Kier molecular flexibility index (Phi) is 8.54. The second-order valence-corrected chi connectivity index (χ2v) is 13.0. The maximum absolute atomic E-state index is 13.6. The van der Waals surface area contributed by atoms with E-state index in [9.17, 15) is 26.3 Å². The summed E-state index contributed by atoms with van der Waals surface area (Å²) in [6, 6.07) is 8.91. The van der Waals surface area contributed by atoms with Gasteiger partial charge in [0.2, 0.25) is 0 Å². The van der Waals surface area contributed by atoms with Gasteiger partial charge >= 0.3 is 12.4 Å². The quantitative estimate of drug-likeness (QED) is 0.268. The molecule has 1 heterocycles. The minimum Gasteiger partial charge on any atom is -0.328 e. The van der Waals surface area contributed by atoms with Crippen molar-refractivity contribution >= 4 is 8.45 Å². The van der Waals surface area contributed by atoms with Crippen LogP contribution in [0.25, 0.3) is 0 Å². The Labute approximate surface area is 222 Å². The lowest BCUT2D eigenvalue weighted by molar-refractivity contribution is -0.138. The molecule has 38 heavy (non-hydrogen) atoms. The van der Waals surface area contributed by atoms with Crippen molar-refractivity contribution in [1.29, 1.82) is 0 Å². The first kappa shape index (κ1) is 29.3. The zero-order chi connectivity index (χ0) is 28.0. The summed E-state index contributed by atoms with van der Waals surface area (Å²) in [5.74, 6) is 1.23. The lowest BCUT2D eigenvalue weighted by Crippen LogP contribution is -2.34. The predicted molar refractivity (Wildman–Crippen MR) is 137 cm³/mol. The van der Waals surface area contributed by atoms with Crippen LogP contribution in [0.15, 0.2) is 48.5 Å². The fourth-order valence-corrected chi connectivity index (χ4v) is 8.12. The van der Waals surface area contributed by atoms with Crippen molar-refractivity contribution in [2.45, 2.75) is 70.6 Å². The Bertz CT molecular complexity index is 1040. The molecule has 1 aliphatic carbocycles. The van der Waals surface area contributed by atoms with Crippen molar-refractivity contribution in [1.82, 2.24) is 9.34 Å². The van der Waals surface area contributed by atoms with E-state index in [0.29, 0.717) is 28.9 Å². The van der Waals surface area contributed by atoms with Crippen LogP contribution >= 0.6 is 8.45 Å². The van der Waals surface area contributed by atoms with Crippen molar-refractivity contribution in [3.63, 3.8) is 0 Å². The van der Waals surface area contributed by atoms with Gasteiger partial charge in [-0.05, 0) is 80.1 Å². The van der Waals surface area contributed by atoms with Gasteiger partial charge in [-0.15, -0.1) is 0 Å². The van der Waals surface area contributed by atoms with Gasteiger partial charge in [-0.3, -0.25) is 0 Å². The summed E-state index contributed by atoms with van der Waals surface area (Å²) in [6.45, 7) is 6.53. The second kappa shape index (κ2) is 11.1. The molecular formula is C28H35F6N2OP. The maximum Gasteiger partial charge on any atom is 0.416 e. The van der Waals surface area contributed by atoms with Crippen LogP contribution in [0.2, 0.25) is 0 Å². The Balaban J connectivity index is 1.77. The Hall–Kier alpha value is -1.67. The third-order valence-corrected chi connectivity index (χ3v) is 9.98. The molecule has 0 N–H and O–H groups in total. The highest BCUT2D eigenvalue weighted by atomic mass is 31.2. The Morgan fingerprint density at radius 1 is 0.816 bits per heavy atom. The molecule has 210 valence electrons. The number of likely N-dealkylation sites (N-methyl/N-ethyl adjacent to an activating group) is 2. The van der Waals surface area contributed by atoms with Gasteiger partial charge < -0.3 is 4.52 Å². The van der Waals surface area contributed by atoms with E-state index in [2.05, 4.69) is 20.8 Å². The van der Waals surface area contributed by atoms with E-state index in [1.54, 1.807) is 26.2 Å². The monoisotopic (exact) mass is 560 g/mol. The summed E-state index contributed by atoms with van der Waals surface area (Å²) in [4.78, 5) is 0. The van der Waals surface area contributed by atoms with Crippen LogP contribution in [0.1, 0.15) is 74.4 Å². The van der Waals surface area contributed by atoms with Crippen LogP contribution in [0, 0.1) is 17.8 Å². The number of rotatable bonds is 5. The smallest absolute Gasteiger partial charge is 0.328 e. The lowest BCUT2D eigenvalue weighted by atomic mass is 9.75. The van der Waals surface area contributed by atoms with Gasteiger partial charge in [0.05, 0.1) is 29.3 Å². The summed E-state index contributed by atoms with van der Waals surface area (Å²) in [7, 11) is 2.15. The summed E-state index contributed by atoms with van der Waals surface area (Å²) in [6.07, 6.45) is -6.06. The van der Waals surface area contributed by atoms with Crippen molar-refractivity contribution in [2.75, 3.05) is 14.1 Å². The molecule has 0 unspecified atom stereocenters. The highest BCUT2D eigenvalue weighted by Crippen LogP contribution is 2.64. The molecule has 4 rings (SSSR count). The van der Waals surface area contributed by atoms with Crippen molar-refractivity contribution in [2.24, 2.45) is 17.8 Å². The number of nitrogens with zero attached hydrogens (tertiary/aromatic N) is 2. The molecule has 0 spiro atoms. The van der Waals surface area contributed by atoms with Gasteiger partial charge in [0.25, 0.3) is 0 Å². The van der Waals surface area contributed by atoms with E-state index < -0.39 is 44.0 Å². The summed E-state index contributed by atoms with van der Waals surface area (Å²) in [5.41, 5.74) is -0.788. The third kappa shape index (κ3) is 6.06. The molecule has 1 aliphatic heterocycles. The van der Waals surface area contributed by atoms with Crippen molar-refractivity contribution in [3.05, 3.63) is 70.8 Å². The average molecular weight is 561 g/mol. The normalized spacial score (nSPS) is 28.4. The lowest BCUT2D eigenvalue weighted by Gasteiger charge is -2.40. The van der Waals surface area contributed by atoms with Crippen LogP contribution < -0.4 is 0 Å². The molecule has 1 saturated carbocycles. The number of hydrogen-bond donors (Lipinski definition) is 0. The largest absolute Gasteiger partial charge is 0.416 e. The predicted octanol–water partition coefficient (Wildman–Crippen LogP) is 9.09. The van der Waals surface area contributed by atoms with Gasteiger partial charge in [0.15, 0.2) is 8.45 Å². The second-order valence-electron chi connectivity index (χ2n) is 11.0. The van der Waals surface area contributed by atoms with Crippen molar-refractivity contribution < 1.29 is 30.9 Å². The summed E-state index contributed by atoms with van der Waals surface area (Å²) >= 11 is 0. The molecule has 5 atom stereocenters. The molecule has 0 amide bonds. The fraction of sp³-hybridized carbons (Fsp3) is 0.571. The Morgan fingerprint density at radius 3 is 1.71 bits per heavy atom. The first-order valence-electron chi connectivity index (χ1n) is 12.9. The van der Waals surface area contributed by atoms with Gasteiger partial charge in [-0.2, -0.15) is 26.3 Å². The van der Waals surface area contributed by atoms with Gasteiger partial charge in [0.1, 0.15) is 0 Å². The van der Waals surface area contributed by atoms with E-state index in [4.69, 9.17) is 4.52 Å². The maximum atomic E-state index is 13.6. The zero-order valence-corrected chi connectivity index (χ0v) is 23.1. The molecule has 2 aromatic carbocycles. The van der Waals surface area contributed by atoms with Crippen LogP contribution in [-0.4, -0.2) is 29.5 Å². The first-order chi connectivity index (χ1) is 17.7. The van der Waals surface area contributed by atoms with E-state index in [0.717, 1.165) is 43.5 Å². The van der Waals surface area contributed by atoms with Crippen LogP contribution in [-0.2, 0) is 16.9 Å². The minimum absolute atomic E-state index is 0.0304. The molecule has 0 radical (unpaired) electrons. The summed E-state index contributed by atoms with van der Waals surface area (Å²) < 4.78 is 92.3. The van der Waals surface area contributed by atoms with Crippen LogP contribution in [0.4, 0.5) is 26.3 Å². The number of hydrogen-bond acceptors (Lipinski definition) is 3. The van der Waals surface area contributed by atoms with Crippen LogP contribution in [0.5, 0.6) is 0 Å². The van der Waals surface area contributed by atoms with E-state index in [-0.39, 0.29) is 6.10 Å². The molecule has 10 heteroatoms. The number of benzene rings is 2. The highest BCUT2D eigenvalue weighted by Gasteiger charge is 2.49. The third-order valence-electron chi connectivity index (χ3n) is 7.95. The zero-order valence-electron chi connectivity index (χ0n) is 22.2. The molecule has 1 saturated heterocycles. The molecular weight excluding hydrogens is 525 g/mol. The molecule has 2 fully saturated rings. The SMILES string of the molecule is CC(C)[C@H]1CC[C@H](C)C[C@@H]1OP1N(C)[C@@H](c2cccc(C(F)(F)F)c2)[C@H](c2cccc(C(F)(F)F)c2)N1C. The molecule has 3 nitrogen and oxygen atoms in total. The Morgan fingerprint density at radius 2 is 1.29 bits per heavy atom. The summed E-state index contributed by atoms with van der Waals surface area (Å²) in [5, 5.41) is 0. The van der Waals surface area contributed by atoms with Gasteiger partial charge in [-0.25, -0.2) is 9.34 Å². The fourth-order valence-electron chi connectivity index (χ4n) is 5.94. The van der Waals surface area contributed by atoms with Gasteiger partial charge in [-0.1, -0.05) is 51.5 Å². The average Bonchev–Trinajstić information content (AvgIpc) is 3.08. The van der Waals surface area contributed by atoms with E-state index >= 15 is 0 Å². The van der Waals surface area contributed by atoms with E-state index in [1.165, 1.54) is 12.1 Å². The van der Waals surface area contributed by atoms with E-state index in [1.807, 2.05) is 9.34 Å².